The third-order valence-electron chi connectivity index (χ3n) is 2.79. The van der Waals surface area contributed by atoms with E-state index in [-0.39, 0.29) is 10.8 Å². The lowest BCUT2D eigenvalue weighted by Gasteiger charge is -2.22. The molecule has 0 saturated carbocycles. The van der Waals surface area contributed by atoms with E-state index in [0.717, 1.165) is 12.3 Å². The molecule has 0 aliphatic rings. The minimum absolute atomic E-state index is 0.165. The molecular formula is C16H27NS. The van der Waals surface area contributed by atoms with Crippen LogP contribution in [-0.4, -0.2) is 4.75 Å². The van der Waals surface area contributed by atoms with E-state index in [9.17, 15) is 0 Å². The van der Waals surface area contributed by atoms with Gasteiger partial charge in [0.1, 0.15) is 0 Å². The van der Waals surface area contributed by atoms with Gasteiger partial charge in [0.2, 0.25) is 0 Å². The predicted octanol–water partition coefficient (Wildman–Crippen LogP) is 5.01. The normalized spacial score (nSPS) is 13.9. The molecule has 102 valence electrons. The second kappa shape index (κ2) is 6.63. The van der Waals surface area contributed by atoms with Crippen molar-refractivity contribution < 1.29 is 0 Å². The van der Waals surface area contributed by atoms with Crippen LogP contribution in [0.4, 0.5) is 0 Å². The molecule has 0 spiro atoms. The molecule has 1 aromatic carbocycles. The Balaban J connectivity index is 2.81. The van der Waals surface area contributed by atoms with Gasteiger partial charge in [-0.3, -0.25) is 0 Å². The quantitative estimate of drug-likeness (QED) is 0.757. The summed E-state index contributed by atoms with van der Waals surface area (Å²) in [6.07, 6.45) is 2.26. The second-order valence-corrected chi connectivity index (χ2v) is 8.20. The largest absolute Gasteiger partial charge is 0.324 e. The second-order valence-electron chi connectivity index (χ2n) is 6.33. The first-order chi connectivity index (χ1) is 8.29. The maximum atomic E-state index is 6.35. The molecule has 0 saturated heterocycles. The topological polar surface area (TPSA) is 26.0 Å². The van der Waals surface area contributed by atoms with Crippen LogP contribution in [-0.2, 0) is 0 Å². The summed E-state index contributed by atoms with van der Waals surface area (Å²) in [6.45, 7) is 11.2. The van der Waals surface area contributed by atoms with Gasteiger partial charge in [-0.25, -0.2) is 0 Å². The molecule has 0 aromatic heterocycles. The molecule has 0 amide bonds. The molecule has 0 aliphatic heterocycles. The third kappa shape index (κ3) is 5.45. The summed E-state index contributed by atoms with van der Waals surface area (Å²) in [7, 11) is 0. The molecule has 18 heavy (non-hydrogen) atoms. The van der Waals surface area contributed by atoms with Crippen molar-refractivity contribution in [1.29, 1.82) is 0 Å². The Bertz CT molecular complexity index is 366. The highest BCUT2D eigenvalue weighted by Crippen LogP contribution is 2.36. The van der Waals surface area contributed by atoms with Gasteiger partial charge in [0.15, 0.2) is 0 Å². The van der Waals surface area contributed by atoms with E-state index in [4.69, 9.17) is 5.73 Å². The van der Waals surface area contributed by atoms with Gasteiger partial charge in [-0.1, -0.05) is 52.8 Å². The standard InChI is InChI=1S/C16H27NS/c1-12(2)10-11-14(17)13-8-6-7-9-15(13)18-16(3,4)5/h6-9,12,14H,10-11,17H2,1-5H3/t14-/m0/s1. The first kappa shape index (κ1) is 15.6. The Morgan fingerprint density at radius 3 is 2.28 bits per heavy atom. The fourth-order valence-corrected chi connectivity index (χ4v) is 3.02. The predicted molar refractivity (Wildman–Crippen MR) is 83.1 cm³/mol. The summed E-state index contributed by atoms with van der Waals surface area (Å²) in [5, 5.41) is 0. The summed E-state index contributed by atoms with van der Waals surface area (Å²) in [5.74, 6) is 0.721. The van der Waals surface area contributed by atoms with Crippen molar-refractivity contribution in [2.75, 3.05) is 0 Å². The van der Waals surface area contributed by atoms with Crippen LogP contribution in [0.1, 0.15) is 59.1 Å². The van der Waals surface area contributed by atoms with Crippen molar-refractivity contribution in [1.82, 2.24) is 0 Å². The van der Waals surface area contributed by atoms with Gasteiger partial charge in [0.05, 0.1) is 0 Å². The van der Waals surface area contributed by atoms with Gasteiger partial charge in [0.25, 0.3) is 0 Å². The molecule has 0 bridgehead atoms. The number of hydrogen-bond donors (Lipinski definition) is 1. The van der Waals surface area contributed by atoms with Gasteiger partial charge in [-0.2, -0.15) is 0 Å². The lowest BCUT2D eigenvalue weighted by atomic mass is 9.98. The number of benzene rings is 1. The minimum atomic E-state index is 0.165. The summed E-state index contributed by atoms with van der Waals surface area (Å²) in [4.78, 5) is 1.33. The first-order valence-electron chi connectivity index (χ1n) is 6.83. The SMILES string of the molecule is CC(C)CC[C@H](N)c1ccccc1SC(C)(C)C. The Hall–Kier alpha value is -0.470. The lowest BCUT2D eigenvalue weighted by molar-refractivity contribution is 0.504. The molecule has 0 aliphatic carbocycles. The molecule has 0 radical (unpaired) electrons. The van der Waals surface area contributed by atoms with Crippen LogP contribution in [0.3, 0.4) is 0 Å². The highest BCUT2D eigenvalue weighted by atomic mass is 32.2. The zero-order valence-corrected chi connectivity index (χ0v) is 13.2. The molecule has 2 heteroatoms. The van der Waals surface area contributed by atoms with Crippen LogP contribution in [0.5, 0.6) is 0 Å². The smallest absolute Gasteiger partial charge is 0.0306 e. The highest BCUT2D eigenvalue weighted by Gasteiger charge is 2.17. The Labute approximate surface area is 117 Å². The van der Waals surface area contributed by atoms with Crippen molar-refractivity contribution in [2.45, 2.75) is 63.1 Å². The van der Waals surface area contributed by atoms with Crippen LogP contribution in [0, 0.1) is 5.92 Å². The van der Waals surface area contributed by atoms with Crippen molar-refractivity contribution in [3.05, 3.63) is 29.8 Å². The minimum Gasteiger partial charge on any atom is -0.324 e. The maximum absolute atomic E-state index is 6.35. The van der Waals surface area contributed by atoms with E-state index in [1.165, 1.54) is 16.9 Å². The van der Waals surface area contributed by atoms with Crippen LogP contribution in [0.2, 0.25) is 0 Å². The van der Waals surface area contributed by atoms with Crippen molar-refractivity contribution in [3.8, 4) is 0 Å². The maximum Gasteiger partial charge on any atom is 0.0306 e. The van der Waals surface area contributed by atoms with E-state index in [2.05, 4.69) is 58.9 Å². The van der Waals surface area contributed by atoms with E-state index in [1.54, 1.807) is 0 Å². The molecule has 1 atom stereocenters. The number of thioether (sulfide) groups is 1. The average molecular weight is 265 g/mol. The number of nitrogens with two attached hydrogens (primary N) is 1. The van der Waals surface area contributed by atoms with Crippen LogP contribution in [0.25, 0.3) is 0 Å². The number of rotatable bonds is 5. The van der Waals surface area contributed by atoms with Crippen molar-refractivity contribution in [3.63, 3.8) is 0 Å². The summed E-state index contributed by atoms with van der Waals surface area (Å²) in [6, 6.07) is 8.74. The molecule has 1 rings (SSSR count). The fraction of sp³-hybridized carbons (Fsp3) is 0.625. The molecule has 1 aromatic rings. The number of hydrogen-bond acceptors (Lipinski definition) is 2. The summed E-state index contributed by atoms with van der Waals surface area (Å²) < 4.78 is 0.230. The van der Waals surface area contributed by atoms with Crippen LogP contribution in [0.15, 0.2) is 29.2 Å². The van der Waals surface area contributed by atoms with Gasteiger partial charge in [0, 0.05) is 15.7 Å². The highest BCUT2D eigenvalue weighted by molar-refractivity contribution is 8.00. The average Bonchev–Trinajstić information content (AvgIpc) is 2.24. The van der Waals surface area contributed by atoms with Crippen LogP contribution < -0.4 is 5.73 Å². The monoisotopic (exact) mass is 265 g/mol. The Kier molecular flexibility index (Phi) is 5.74. The molecule has 0 unspecified atom stereocenters. The summed E-state index contributed by atoms with van der Waals surface area (Å²) in [5.41, 5.74) is 7.65. The molecule has 2 N–H and O–H groups in total. The van der Waals surface area contributed by atoms with E-state index in [1.807, 2.05) is 11.8 Å². The van der Waals surface area contributed by atoms with Gasteiger partial charge in [-0.05, 0) is 30.4 Å². The Morgan fingerprint density at radius 2 is 1.72 bits per heavy atom. The molecule has 1 nitrogen and oxygen atoms in total. The molecule has 0 heterocycles. The van der Waals surface area contributed by atoms with Gasteiger partial charge in [-0.15, -0.1) is 11.8 Å². The van der Waals surface area contributed by atoms with E-state index in [0.29, 0.717) is 0 Å². The zero-order valence-electron chi connectivity index (χ0n) is 12.4. The zero-order chi connectivity index (χ0) is 13.8. The molecule has 0 fully saturated rings. The first-order valence-corrected chi connectivity index (χ1v) is 7.65. The lowest BCUT2D eigenvalue weighted by Crippen LogP contribution is -2.14. The summed E-state index contributed by atoms with van der Waals surface area (Å²) >= 11 is 1.91. The van der Waals surface area contributed by atoms with Crippen molar-refractivity contribution in [2.24, 2.45) is 11.7 Å². The third-order valence-corrected chi connectivity index (χ3v) is 3.99. The fourth-order valence-electron chi connectivity index (χ4n) is 1.88. The molecular weight excluding hydrogens is 238 g/mol. The van der Waals surface area contributed by atoms with Gasteiger partial charge < -0.3 is 5.73 Å². The van der Waals surface area contributed by atoms with Crippen LogP contribution >= 0.6 is 11.8 Å². The van der Waals surface area contributed by atoms with Gasteiger partial charge >= 0.3 is 0 Å². The van der Waals surface area contributed by atoms with E-state index >= 15 is 0 Å². The Morgan fingerprint density at radius 1 is 1.11 bits per heavy atom. The van der Waals surface area contributed by atoms with E-state index < -0.39 is 0 Å². The van der Waals surface area contributed by atoms with Crippen molar-refractivity contribution >= 4 is 11.8 Å².